The van der Waals surface area contributed by atoms with Gasteiger partial charge in [-0.2, -0.15) is 9.78 Å². The zero-order valence-corrected chi connectivity index (χ0v) is 18.1. The van der Waals surface area contributed by atoms with Crippen LogP contribution in [0.4, 0.5) is 5.82 Å². The molecule has 1 N–H and O–H groups in total. The molecule has 0 unspecified atom stereocenters. The fourth-order valence-corrected chi connectivity index (χ4v) is 4.53. The lowest BCUT2D eigenvalue weighted by Crippen LogP contribution is -2.46. The molecule has 2 amide bonds. The van der Waals surface area contributed by atoms with E-state index in [1.807, 2.05) is 44.9 Å². The SMILES string of the molecule is Cc1cc(C)nc(-n2nc(C)cc2NC(=O)CN2CCC3(CC2)CCN(C)C3=O)n1. The van der Waals surface area contributed by atoms with Gasteiger partial charge in [-0.3, -0.25) is 14.5 Å². The Kier molecular flexibility index (Phi) is 5.31. The van der Waals surface area contributed by atoms with Crippen molar-refractivity contribution in [3.05, 3.63) is 29.2 Å². The summed E-state index contributed by atoms with van der Waals surface area (Å²) in [6, 6.07) is 3.71. The lowest BCUT2D eigenvalue weighted by Gasteiger charge is -2.37. The molecule has 0 aromatic carbocycles. The first kappa shape index (κ1) is 20.5. The van der Waals surface area contributed by atoms with Crippen molar-refractivity contribution in [2.45, 2.75) is 40.0 Å². The summed E-state index contributed by atoms with van der Waals surface area (Å²) in [5, 5.41) is 7.41. The molecule has 1 spiro atoms. The van der Waals surface area contributed by atoms with Gasteiger partial charge < -0.3 is 10.2 Å². The number of aromatic nitrogens is 4. The van der Waals surface area contributed by atoms with E-state index in [1.165, 1.54) is 0 Å². The Morgan fingerprint density at radius 1 is 1.03 bits per heavy atom. The first-order valence-corrected chi connectivity index (χ1v) is 10.4. The fraction of sp³-hybridized carbons (Fsp3) is 0.571. The van der Waals surface area contributed by atoms with Crippen LogP contribution in [-0.4, -0.2) is 74.6 Å². The van der Waals surface area contributed by atoms with E-state index in [2.05, 4.69) is 25.3 Å². The summed E-state index contributed by atoms with van der Waals surface area (Å²) in [7, 11) is 1.88. The van der Waals surface area contributed by atoms with Crippen molar-refractivity contribution < 1.29 is 9.59 Å². The normalized spacial score (nSPS) is 18.9. The molecule has 4 heterocycles. The maximum absolute atomic E-state index is 12.7. The highest BCUT2D eigenvalue weighted by molar-refractivity contribution is 5.91. The zero-order chi connectivity index (χ0) is 21.5. The van der Waals surface area contributed by atoms with E-state index in [-0.39, 0.29) is 23.8 Å². The number of hydrogen-bond acceptors (Lipinski definition) is 6. The molecule has 9 nitrogen and oxygen atoms in total. The maximum Gasteiger partial charge on any atom is 0.252 e. The minimum absolute atomic E-state index is 0.105. The Morgan fingerprint density at radius 3 is 2.27 bits per heavy atom. The Bertz CT molecular complexity index is 955. The number of likely N-dealkylation sites (tertiary alicyclic amines) is 2. The molecule has 9 heteroatoms. The summed E-state index contributed by atoms with van der Waals surface area (Å²) in [4.78, 5) is 38.1. The van der Waals surface area contributed by atoms with Crippen LogP contribution in [0.25, 0.3) is 5.95 Å². The van der Waals surface area contributed by atoms with Gasteiger partial charge in [0.25, 0.3) is 5.95 Å². The van der Waals surface area contributed by atoms with Gasteiger partial charge >= 0.3 is 0 Å². The fourth-order valence-electron chi connectivity index (χ4n) is 4.53. The Balaban J connectivity index is 1.40. The second kappa shape index (κ2) is 7.79. The van der Waals surface area contributed by atoms with E-state index < -0.39 is 0 Å². The van der Waals surface area contributed by atoms with Gasteiger partial charge in [0.2, 0.25) is 11.8 Å². The number of carbonyl (C=O) groups excluding carboxylic acids is 2. The van der Waals surface area contributed by atoms with E-state index in [4.69, 9.17) is 0 Å². The highest BCUT2D eigenvalue weighted by Crippen LogP contribution is 2.40. The molecule has 2 saturated heterocycles. The van der Waals surface area contributed by atoms with Crippen molar-refractivity contribution in [2.75, 3.05) is 38.5 Å². The maximum atomic E-state index is 12.7. The summed E-state index contributed by atoms with van der Waals surface area (Å²) in [6.45, 7) is 8.32. The minimum atomic E-state index is -0.210. The van der Waals surface area contributed by atoms with Crippen molar-refractivity contribution in [1.29, 1.82) is 0 Å². The third-order valence-electron chi connectivity index (χ3n) is 6.17. The van der Waals surface area contributed by atoms with Crippen molar-refractivity contribution in [2.24, 2.45) is 5.41 Å². The molecule has 0 atom stereocenters. The molecule has 2 aliphatic heterocycles. The Hall–Kier alpha value is -2.81. The lowest BCUT2D eigenvalue weighted by molar-refractivity contribution is -0.137. The Labute approximate surface area is 176 Å². The number of nitrogens with one attached hydrogen (secondary N) is 1. The van der Waals surface area contributed by atoms with Crippen molar-refractivity contribution in [3.8, 4) is 5.95 Å². The standard InChI is InChI=1S/C21H29N7O2/c1-14-11-15(2)23-20(22-14)28-17(12-16(3)25-28)24-18(29)13-27-9-6-21(7-10-27)5-8-26(4)19(21)30/h11-12H,5-10,13H2,1-4H3,(H,24,29). The number of carbonyl (C=O) groups is 2. The first-order chi connectivity index (χ1) is 14.3. The molecule has 0 saturated carbocycles. The molecule has 160 valence electrons. The van der Waals surface area contributed by atoms with Crippen LogP contribution in [0, 0.1) is 26.2 Å². The van der Waals surface area contributed by atoms with Crippen molar-refractivity contribution in [3.63, 3.8) is 0 Å². The highest BCUT2D eigenvalue weighted by atomic mass is 16.2. The average Bonchev–Trinajstić information content (AvgIpc) is 3.18. The van der Waals surface area contributed by atoms with Gasteiger partial charge in [0, 0.05) is 31.0 Å². The van der Waals surface area contributed by atoms with E-state index in [0.717, 1.165) is 56.0 Å². The van der Waals surface area contributed by atoms with Crippen LogP contribution >= 0.6 is 0 Å². The summed E-state index contributed by atoms with van der Waals surface area (Å²) in [5.41, 5.74) is 2.25. The van der Waals surface area contributed by atoms with Crippen molar-refractivity contribution in [1.82, 2.24) is 29.5 Å². The summed E-state index contributed by atoms with van der Waals surface area (Å²) in [6.07, 6.45) is 2.56. The predicted octanol–water partition coefficient (Wildman–Crippen LogP) is 1.47. The van der Waals surface area contributed by atoms with Gasteiger partial charge in [-0.1, -0.05) is 0 Å². The quantitative estimate of drug-likeness (QED) is 0.819. The molecule has 0 bridgehead atoms. The van der Waals surface area contributed by atoms with Gasteiger partial charge in [-0.15, -0.1) is 0 Å². The average molecular weight is 412 g/mol. The molecular formula is C21H29N7O2. The number of nitrogens with zero attached hydrogens (tertiary/aromatic N) is 6. The number of piperidine rings is 1. The molecule has 2 fully saturated rings. The third kappa shape index (κ3) is 3.94. The predicted molar refractivity (Wildman–Crippen MR) is 112 cm³/mol. The number of anilines is 1. The second-order valence-electron chi connectivity index (χ2n) is 8.61. The molecule has 2 aromatic rings. The monoisotopic (exact) mass is 411 g/mol. The van der Waals surface area contributed by atoms with Crippen LogP contribution in [0.3, 0.4) is 0 Å². The largest absolute Gasteiger partial charge is 0.345 e. The molecule has 0 radical (unpaired) electrons. The van der Waals surface area contributed by atoms with Crippen LogP contribution in [0.2, 0.25) is 0 Å². The minimum Gasteiger partial charge on any atom is -0.345 e. The van der Waals surface area contributed by atoms with Gasteiger partial charge in [-0.05, 0) is 59.2 Å². The summed E-state index contributed by atoms with van der Waals surface area (Å²) in [5.74, 6) is 1.16. The van der Waals surface area contributed by atoms with E-state index in [0.29, 0.717) is 11.8 Å². The lowest BCUT2D eigenvalue weighted by atomic mass is 9.77. The summed E-state index contributed by atoms with van der Waals surface area (Å²) >= 11 is 0. The van der Waals surface area contributed by atoms with Crippen molar-refractivity contribution >= 4 is 17.6 Å². The second-order valence-corrected chi connectivity index (χ2v) is 8.61. The third-order valence-corrected chi connectivity index (χ3v) is 6.17. The molecule has 30 heavy (non-hydrogen) atoms. The zero-order valence-electron chi connectivity index (χ0n) is 18.1. The number of aryl methyl sites for hydroxylation is 3. The highest BCUT2D eigenvalue weighted by Gasteiger charge is 2.46. The van der Waals surface area contributed by atoms with Crippen LogP contribution in [0.1, 0.15) is 36.3 Å². The van der Waals surface area contributed by atoms with Gasteiger partial charge in [-0.25, -0.2) is 9.97 Å². The first-order valence-electron chi connectivity index (χ1n) is 10.4. The van der Waals surface area contributed by atoms with Gasteiger partial charge in [0.1, 0.15) is 5.82 Å². The Morgan fingerprint density at radius 2 is 1.67 bits per heavy atom. The topological polar surface area (TPSA) is 96.3 Å². The molecular weight excluding hydrogens is 382 g/mol. The van der Waals surface area contributed by atoms with E-state index in [1.54, 1.807) is 4.68 Å². The molecule has 2 aromatic heterocycles. The van der Waals surface area contributed by atoms with E-state index in [9.17, 15) is 9.59 Å². The smallest absolute Gasteiger partial charge is 0.252 e. The number of rotatable bonds is 4. The number of hydrogen-bond donors (Lipinski definition) is 1. The van der Waals surface area contributed by atoms with Crippen LogP contribution in [0.15, 0.2) is 12.1 Å². The van der Waals surface area contributed by atoms with Gasteiger partial charge in [0.15, 0.2) is 0 Å². The van der Waals surface area contributed by atoms with Crippen LogP contribution < -0.4 is 5.32 Å². The molecule has 4 rings (SSSR count). The molecule has 2 aliphatic rings. The number of amides is 2. The van der Waals surface area contributed by atoms with E-state index >= 15 is 0 Å². The van der Waals surface area contributed by atoms with Crippen LogP contribution in [0.5, 0.6) is 0 Å². The summed E-state index contributed by atoms with van der Waals surface area (Å²) < 4.78 is 1.57. The van der Waals surface area contributed by atoms with Gasteiger partial charge in [0.05, 0.1) is 17.7 Å². The van der Waals surface area contributed by atoms with Crippen LogP contribution in [-0.2, 0) is 9.59 Å². The molecule has 0 aliphatic carbocycles.